The Hall–Kier alpha value is -0.0800. The van der Waals surface area contributed by atoms with E-state index in [1.165, 1.54) is 25.7 Å². The van der Waals surface area contributed by atoms with Gasteiger partial charge >= 0.3 is 0 Å². The van der Waals surface area contributed by atoms with Crippen molar-refractivity contribution in [3.63, 3.8) is 0 Å². The van der Waals surface area contributed by atoms with Crippen LogP contribution >= 0.6 is 0 Å². The molecule has 1 atom stereocenters. The van der Waals surface area contributed by atoms with E-state index < -0.39 is 6.29 Å². The first-order chi connectivity index (χ1) is 7.55. The molecule has 1 aliphatic carbocycles. The van der Waals surface area contributed by atoms with Gasteiger partial charge in [-0.05, 0) is 31.6 Å². The summed E-state index contributed by atoms with van der Waals surface area (Å²) in [6.07, 6.45) is 6.61. The van der Waals surface area contributed by atoms with Crippen molar-refractivity contribution in [3.8, 4) is 0 Å². The minimum Gasteiger partial charge on any atom is -0.368 e. The average molecular weight is 228 g/mol. The minimum absolute atomic E-state index is 0.0831. The van der Waals surface area contributed by atoms with E-state index in [1.807, 2.05) is 13.8 Å². The van der Waals surface area contributed by atoms with Gasteiger partial charge in [-0.1, -0.05) is 40.5 Å². The fourth-order valence-corrected chi connectivity index (χ4v) is 2.92. The Kier molecular flexibility index (Phi) is 5.26. The van der Waals surface area contributed by atoms with Gasteiger partial charge in [0, 0.05) is 5.92 Å². The van der Waals surface area contributed by atoms with Gasteiger partial charge in [-0.3, -0.25) is 0 Å². The second kappa shape index (κ2) is 6.02. The van der Waals surface area contributed by atoms with E-state index in [0.29, 0.717) is 5.92 Å². The van der Waals surface area contributed by atoms with Crippen LogP contribution in [0.4, 0.5) is 0 Å². The monoisotopic (exact) mass is 228 g/mol. The Morgan fingerprint density at radius 2 is 1.69 bits per heavy atom. The van der Waals surface area contributed by atoms with Crippen LogP contribution in [0.15, 0.2) is 0 Å². The molecule has 0 spiro atoms. The molecule has 0 amide bonds. The van der Waals surface area contributed by atoms with Crippen molar-refractivity contribution in [2.75, 3.05) is 0 Å². The highest BCUT2D eigenvalue weighted by Crippen LogP contribution is 2.41. The van der Waals surface area contributed by atoms with Crippen LogP contribution in [0.5, 0.6) is 0 Å². The summed E-state index contributed by atoms with van der Waals surface area (Å²) in [6.45, 7) is 8.40. The van der Waals surface area contributed by atoms with E-state index in [9.17, 15) is 5.11 Å². The molecule has 2 nitrogen and oxygen atoms in total. The van der Waals surface area contributed by atoms with E-state index in [-0.39, 0.29) is 11.5 Å². The number of aliphatic hydroxyl groups excluding tert-OH is 1. The van der Waals surface area contributed by atoms with Gasteiger partial charge in [0.05, 0.1) is 5.60 Å². The first kappa shape index (κ1) is 14.0. The Morgan fingerprint density at radius 1 is 1.19 bits per heavy atom. The van der Waals surface area contributed by atoms with Gasteiger partial charge in [-0.15, -0.1) is 0 Å². The van der Waals surface area contributed by atoms with Crippen molar-refractivity contribution >= 4 is 0 Å². The molecule has 0 aromatic carbocycles. The first-order valence-electron chi connectivity index (χ1n) is 6.91. The van der Waals surface area contributed by atoms with E-state index in [1.54, 1.807) is 0 Å². The quantitative estimate of drug-likeness (QED) is 0.702. The summed E-state index contributed by atoms with van der Waals surface area (Å²) in [5.41, 5.74) is -0.0831. The minimum atomic E-state index is -0.611. The molecule has 1 N–H and O–H groups in total. The third-order valence-electron chi connectivity index (χ3n) is 4.22. The standard InChI is InChI=1S/C14H28O2/c1-5-14(6-2,12-9-7-8-10-12)16-13(15)11(3)4/h11-13,15H,5-10H2,1-4H3. The topological polar surface area (TPSA) is 29.5 Å². The van der Waals surface area contributed by atoms with Crippen molar-refractivity contribution in [1.29, 1.82) is 0 Å². The van der Waals surface area contributed by atoms with E-state index in [2.05, 4.69) is 13.8 Å². The fourth-order valence-electron chi connectivity index (χ4n) is 2.92. The molecule has 1 aliphatic rings. The Balaban J connectivity index is 2.70. The van der Waals surface area contributed by atoms with Gasteiger partial charge in [0.1, 0.15) is 0 Å². The zero-order valence-electron chi connectivity index (χ0n) is 11.3. The summed E-state index contributed by atoms with van der Waals surface area (Å²) in [4.78, 5) is 0. The lowest BCUT2D eigenvalue weighted by atomic mass is 9.81. The van der Waals surface area contributed by atoms with E-state index >= 15 is 0 Å². The summed E-state index contributed by atoms with van der Waals surface area (Å²) in [5.74, 6) is 0.828. The first-order valence-corrected chi connectivity index (χ1v) is 6.91. The molecule has 0 aliphatic heterocycles. The predicted octanol–water partition coefficient (Wildman–Crippen LogP) is 3.73. The zero-order valence-corrected chi connectivity index (χ0v) is 11.3. The fraction of sp³-hybridized carbons (Fsp3) is 1.00. The normalized spacial score (nSPS) is 20.6. The van der Waals surface area contributed by atoms with Crippen molar-refractivity contribution in [2.45, 2.75) is 78.1 Å². The molecule has 1 rings (SSSR count). The van der Waals surface area contributed by atoms with Crippen LogP contribution in [-0.2, 0) is 4.74 Å². The molecule has 1 fully saturated rings. The number of rotatable bonds is 6. The summed E-state index contributed by atoms with van der Waals surface area (Å²) >= 11 is 0. The van der Waals surface area contributed by atoms with Crippen LogP contribution < -0.4 is 0 Å². The molecule has 2 heteroatoms. The smallest absolute Gasteiger partial charge is 0.157 e. The highest BCUT2D eigenvalue weighted by Gasteiger charge is 2.40. The number of aliphatic hydroxyl groups is 1. The van der Waals surface area contributed by atoms with Crippen molar-refractivity contribution in [2.24, 2.45) is 11.8 Å². The lowest BCUT2D eigenvalue weighted by Crippen LogP contribution is -2.43. The molecule has 0 heterocycles. The lowest BCUT2D eigenvalue weighted by molar-refractivity contribution is -0.225. The largest absolute Gasteiger partial charge is 0.368 e. The van der Waals surface area contributed by atoms with Gasteiger partial charge < -0.3 is 9.84 Å². The summed E-state index contributed by atoms with van der Waals surface area (Å²) in [6, 6.07) is 0. The molecule has 0 saturated heterocycles. The summed E-state index contributed by atoms with van der Waals surface area (Å²) < 4.78 is 6.04. The third kappa shape index (κ3) is 2.98. The number of ether oxygens (including phenoxy) is 1. The number of hydrogen-bond acceptors (Lipinski definition) is 2. The lowest BCUT2D eigenvalue weighted by Gasteiger charge is -2.40. The van der Waals surface area contributed by atoms with Crippen LogP contribution in [0.2, 0.25) is 0 Å². The Labute approximate surface area is 100 Å². The molecule has 1 saturated carbocycles. The third-order valence-corrected chi connectivity index (χ3v) is 4.22. The Morgan fingerprint density at radius 3 is 2.06 bits per heavy atom. The molecular weight excluding hydrogens is 200 g/mol. The molecule has 0 radical (unpaired) electrons. The predicted molar refractivity (Wildman–Crippen MR) is 67.2 cm³/mol. The average Bonchev–Trinajstić information content (AvgIpc) is 2.79. The molecule has 16 heavy (non-hydrogen) atoms. The maximum atomic E-state index is 9.96. The molecule has 96 valence electrons. The SMILES string of the molecule is CCC(CC)(OC(O)C(C)C)C1CCCC1. The van der Waals surface area contributed by atoms with Crippen molar-refractivity contribution in [1.82, 2.24) is 0 Å². The zero-order chi connectivity index (χ0) is 12.2. The summed E-state index contributed by atoms with van der Waals surface area (Å²) in [7, 11) is 0. The molecule has 0 aromatic rings. The van der Waals surface area contributed by atoms with Crippen LogP contribution in [0.1, 0.15) is 66.2 Å². The van der Waals surface area contributed by atoms with E-state index in [0.717, 1.165) is 12.8 Å². The second-order valence-corrected chi connectivity index (χ2v) is 5.51. The van der Waals surface area contributed by atoms with Gasteiger partial charge in [0.15, 0.2) is 6.29 Å². The van der Waals surface area contributed by atoms with Crippen LogP contribution in [0.25, 0.3) is 0 Å². The second-order valence-electron chi connectivity index (χ2n) is 5.51. The Bertz CT molecular complexity index is 191. The molecular formula is C14H28O2. The maximum absolute atomic E-state index is 9.96. The van der Waals surface area contributed by atoms with Crippen molar-refractivity contribution < 1.29 is 9.84 Å². The molecule has 0 bridgehead atoms. The summed E-state index contributed by atoms with van der Waals surface area (Å²) in [5, 5.41) is 9.96. The molecule has 1 unspecified atom stereocenters. The number of hydrogen-bond donors (Lipinski definition) is 1. The van der Waals surface area contributed by atoms with Gasteiger partial charge in [-0.2, -0.15) is 0 Å². The van der Waals surface area contributed by atoms with Gasteiger partial charge in [0.2, 0.25) is 0 Å². The van der Waals surface area contributed by atoms with E-state index in [4.69, 9.17) is 4.74 Å². The van der Waals surface area contributed by atoms with Crippen LogP contribution in [0, 0.1) is 11.8 Å². The van der Waals surface area contributed by atoms with Crippen molar-refractivity contribution in [3.05, 3.63) is 0 Å². The van der Waals surface area contributed by atoms with Gasteiger partial charge in [0.25, 0.3) is 0 Å². The van der Waals surface area contributed by atoms with Crippen LogP contribution in [-0.4, -0.2) is 17.0 Å². The highest BCUT2D eigenvalue weighted by molar-refractivity contribution is 4.89. The van der Waals surface area contributed by atoms with Crippen LogP contribution in [0.3, 0.4) is 0 Å². The highest BCUT2D eigenvalue weighted by atomic mass is 16.6. The maximum Gasteiger partial charge on any atom is 0.157 e. The molecule has 0 aromatic heterocycles. The van der Waals surface area contributed by atoms with Gasteiger partial charge in [-0.25, -0.2) is 0 Å².